The topological polar surface area (TPSA) is 84.7 Å². The number of hydrogen-bond donors (Lipinski definition) is 1. The molecule has 1 aliphatic rings. The lowest BCUT2D eigenvalue weighted by atomic mass is 10.3. The average Bonchev–Trinajstić information content (AvgIpc) is 3.08. The maximum absolute atomic E-state index is 6.01. The van der Waals surface area contributed by atoms with Crippen LogP contribution < -0.4 is 10.2 Å². The quantitative estimate of drug-likeness (QED) is 0.914. The van der Waals surface area contributed by atoms with Crippen molar-refractivity contribution in [1.29, 1.82) is 0 Å². The third-order valence-electron chi connectivity index (χ3n) is 3.46. The zero-order chi connectivity index (χ0) is 14.8. The standard InChI is InChI=1S/C12H17ClN8/c1-8(9-19-14-7-20(9)2)15-11-16-10(13)17-12(18-11)21-5-3-4-6-21/h7-8H,3-6H2,1-2H3,(H,15,16,17,18). The summed E-state index contributed by atoms with van der Waals surface area (Å²) in [5.41, 5.74) is 0. The fourth-order valence-electron chi connectivity index (χ4n) is 2.41. The van der Waals surface area contributed by atoms with E-state index in [1.54, 1.807) is 6.33 Å². The van der Waals surface area contributed by atoms with Crippen LogP contribution in [0.2, 0.25) is 5.28 Å². The van der Waals surface area contributed by atoms with Crippen LogP contribution in [0.15, 0.2) is 6.33 Å². The Balaban J connectivity index is 1.80. The van der Waals surface area contributed by atoms with Crippen LogP contribution in [0.4, 0.5) is 11.9 Å². The summed E-state index contributed by atoms with van der Waals surface area (Å²) < 4.78 is 1.85. The van der Waals surface area contributed by atoms with Gasteiger partial charge in [0.15, 0.2) is 5.82 Å². The van der Waals surface area contributed by atoms with Gasteiger partial charge in [-0.1, -0.05) is 0 Å². The lowest BCUT2D eigenvalue weighted by Gasteiger charge is -2.17. The Labute approximate surface area is 127 Å². The molecule has 0 saturated carbocycles. The van der Waals surface area contributed by atoms with Crippen molar-refractivity contribution in [3.63, 3.8) is 0 Å². The van der Waals surface area contributed by atoms with Crippen LogP contribution in [0.5, 0.6) is 0 Å². The zero-order valence-electron chi connectivity index (χ0n) is 12.0. The van der Waals surface area contributed by atoms with Gasteiger partial charge < -0.3 is 14.8 Å². The Morgan fingerprint density at radius 2 is 2.00 bits per heavy atom. The van der Waals surface area contributed by atoms with Gasteiger partial charge in [-0.05, 0) is 31.4 Å². The molecule has 3 heterocycles. The number of rotatable bonds is 4. The molecule has 112 valence electrons. The number of halogens is 1. The minimum Gasteiger partial charge on any atom is -0.344 e. The SMILES string of the molecule is CC(Nc1nc(Cl)nc(N2CCCC2)n1)c1nncn1C. The van der Waals surface area contributed by atoms with E-state index in [0.29, 0.717) is 11.9 Å². The van der Waals surface area contributed by atoms with Crippen molar-refractivity contribution in [3.8, 4) is 0 Å². The fourth-order valence-corrected chi connectivity index (χ4v) is 2.56. The second kappa shape index (κ2) is 5.80. The third-order valence-corrected chi connectivity index (χ3v) is 3.63. The maximum Gasteiger partial charge on any atom is 0.231 e. The molecule has 0 amide bonds. The smallest absolute Gasteiger partial charge is 0.231 e. The average molecular weight is 309 g/mol. The molecule has 1 unspecified atom stereocenters. The molecule has 21 heavy (non-hydrogen) atoms. The number of aromatic nitrogens is 6. The van der Waals surface area contributed by atoms with Gasteiger partial charge in [-0.3, -0.25) is 0 Å². The highest BCUT2D eigenvalue weighted by Gasteiger charge is 2.18. The second-order valence-corrected chi connectivity index (χ2v) is 5.43. The molecule has 1 aliphatic heterocycles. The van der Waals surface area contributed by atoms with E-state index in [1.165, 1.54) is 0 Å². The van der Waals surface area contributed by atoms with E-state index in [-0.39, 0.29) is 11.3 Å². The van der Waals surface area contributed by atoms with Gasteiger partial charge in [0.1, 0.15) is 6.33 Å². The maximum atomic E-state index is 6.01. The minimum atomic E-state index is -0.0811. The van der Waals surface area contributed by atoms with Crippen LogP contribution in [0, 0.1) is 0 Å². The van der Waals surface area contributed by atoms with Gasteiger partial charge in [-0.25, -0.2) is 0 Å². The van der Waals surface area contributed by atoms with Crippen LogP contribution >= 0.6 is 11.6 Å². The molecule has 0 aliphatic carbocycles. The summed E-state index contributed by atoms with van der Waals surface area (Å²) in [5.74, 6) is 1.88. The molecule has 2 aromatic rings. The van der Waals surface area contributed by atoms with Gasteiger partial charge in [0.25, 0.3) is 0 Å². The third kappa shape index (κ3) is 3.05. The molecule has 8 nitrogen and oxygen atoms in total. The first-order chi connectivity index (χ1) is 10.1. The van der Waals surface area contributed by atoms with Gasteiger partial charge in [0, 0.05) is 20.1 Å². The largest absolute Gasteiger partial charge is 0.344 e. The summed E-state index contributed by atoms with van der Waals surface area (Å²) in [6.07, 6.45) is 3.96. The van der Waals surface area contributed by atoms with Crippen molar-refractivity contribution >= 4 is 23.5 Å². The molecule has 1 N–H and O–H groups in total. The number of hydrogen-bond acceptors (Lipinski definition) is 7. The Kier molecular flexibility index (Phi) is 3.87. The second-order valence-electron chi connectivity index (χ2n) is 5.09. The lowest BCUT2D eigenvalue weighted by molar-refractivity contribution is 0.710. The predicted octanol–water partition coefficient (Wildman–Crippen LogP) is 1.43. The van der Waals surface area contributed by atoms with Crippen molar-refractivity contribution in [1.82, 2.24) is 29.7 Å². The number of anilines is 2. The van der Waals surface area contributed by atoms with E-state index in [1.807, 2.05) is 18.5 Å². The highest BCUT2D eigenvalue weighted by Crippen LogP contribution is 2.20. The Morgan fingerprint density at radius 1 is 1.24 bits per heavy atom. The molecular formula is C12H17ClN8. The molecule has 0 aromatic carbocycles. The monoisotopic (exact) mass is 308 g/mol. The fraction of sp³-hybridized carbons (Fsp3) is 0.583. The van der Waals surface area contributed by atoms with Crippen LogP contribution in [0.25, 0.3) is 0 Å². The van der Waals surface area contributed by atoms with Crippen LogP contribution in [0.3, 0.4) is 0 Å². The first-order valence-corrected chi connectivity index (χ1v) is 7.28. The summed E-state index contributed by atoms with van der Waals surface area (Å²) in [7, 11) is 1.89. The summed E-state index contributed by atoms with van der Waals surface area (Å²) in [6.45, 7) is 3.88. The molecular weight excluding hydrogens is 292 g/mol. The molecule has 0 spiro atoms. The van der Waals surface area contributed by atoms with Gasteiger partial charge >= 0.3 is 0 Å². The van der Waals surface area contributed by atoms with Crippen molar-refractivity contribution < 1.29 is 0 Å². The van der Waals surface area contributed by atoms with Crippen LogP contribution in [-0.2, 0) is 7.05 Å². The Morgan fingerprint density at radius 3 is 2.67 bits per heavy atom. The lowest BCUT2D eigenvalue weighted by Crippen LogP contribution is -2.22. The number of aryl methyl sites for hydroxylation is 1. The molecule has 9 heteroatoms. The Bertz CT molecular complexity index is 621. The summed E-state index contributed by atoms with van der Waals surface area (Å²) in [4.78, 5) is 14.9. The van der Waals surface area contributed by atoms with Crippen molar-refractivity contribution in [2.75, 3.05) is 23.3 Å². The predicted molar refractivity (Wildman–Crippen MR) is 79.3 cm³/mol. The van der Waals surface area contributed by atoms with E-state index < -0.39 is 0 Å². The first-order valence-electron chi connectivity index (χ1n) is 6.90. The van der Waals surface area contributed by atoms with E-state index >= 15 is 0 Å². The van der Waals surface area contributed by atoms with E-state index in [2.05, 4.69) is 35.4 Å². The van der Waals surface area contributed by atoms with E-state index in [9.17, 15) is 0 Å². The number of nitrogens with zero attached hydrogens (tertiary/aromatic N) is 7. The van der Waals surface area contributed by atoms with Crippen molar-refractivity contribution in [3.05, 3.63) is 17.4 Å². The molecule has 0 radical (unpaired) electrons. The zero-order valence-corrected chi connectivity index (χ0v) is 12.7. The summed E-state index contributed by atoms with van der Waals surface area (Å²) >= 11 is 6.01. The highest BCUT2D eigenvalue weighted by molar-refractivity contribution is 6.28. The normalized spacial score (nSPS) is 16.2. The molecule has 1 fully saturated rings. The Hall–Kier alpha value is -1.96. The molecule has 0 bridgehead atoms. The van der Waals surface area contributed by atoms with Crippen LogP contribution in [-0.4, -0.2) is 42.8 Å². The summed E-state index contributed by atoms with van der Waals surface area (Å²) in [6, 6.07) is -0.0811. The first kappa shape index (κ1) is 14.0. The summed E-state index contributed by atoms with van der Waals surface area (Å²) in [5, 5.41) is 11.3. The molecule has 1 atom stereocenters. The molecule has 2 aromatic heterocycles. The van der Waals surface area contributed by atoms with Crippen molar-refractivity contribution in [2.45, 2.75) is 25.8 Å². The van der Waals surface area contributed by atoms with Gasteiger partial charge in [-0.2, -0.15) is 15.0 Å². The van der Waals surface area contributed by atoms with Gasteiger partial charge in [0.2, 0.25) is 17.2 Å². The van der Waals surface area contributed by atoms with E-state index in [4.69, 9.17) is 11.6 Å². The van der Waals surface area contributed by atoms with Gasteiger partial charge in [-0.15, -0.1) is 10.2 Å². The molecule has 1 saturated heterocycles. The minimum absolute atomic E-state index is 0.0811. The molecule has 3 rings (SSSR count). The number of nitrogens with one attached hydrogen (secondary N) is 1. The van der Waals surface area contributed by atoms with Crippen molar-refractivity contribution in [2.24, 2.45) is 7.05 Å². The van der Waals surface area contributed by atoms with Crippen LogP contribution in [0.1, 0.15) is 31.6 Å². The van der Waals surface area contributed by atoms with Gasteiger partial charge in [0.05, 0.1) is 6.04 Å². The highest BCUT2D eigenvalue weighted by atomic mass is 35.5. The van der Waals surface area contributed by atoms with E-state index in [0.717, 1.165) is 31.8 Å².